The highest BCUT2D eigenvalue weighted by Gasteiger charge is 2.28. The van der Waals surface area contributed by atoms with Crippen molar-refractivity contribution in [1.82, 2.24) is 0 Å². The van der Waals surface area contributed by atoms with Gasteiger partial charge >= 0.3 is 0 Å². The Morgan fingerprint density at radius 3 is 2.62 bits per heavy atom. The van der Waals surface area contributed by atoms with Crippen LogP contribution < -0.4 is 19.1 Å². The van der Waals surface area contributed by atoms with Crippen molar-refractivity contribution in [3.05, 3.63) is 48.0 Å². The van der Waals surface area contributed by atoms with E-state index in [4.69, 9.17) is 9.47 Å². The first kappa shape index (κ1) is 16.7. The molecule has 1 fully saturated rings. The molecule has 1 N–H and O–H groups in total. The molecule has 2 aliphatic rings. The van der Waals surface area contributed by atoms with Gasteiger partial charge in [0.2, 0.25) is 10.0 Å². The van der Waals surface area contributed by atoms with Gasteiger partial charge in [-0.15, -0.1) is 0 Å². The molecule has 2 heterocycles. The van der Waals surface area contributed by atoms with Gasteiger partial charge < -0.3 is 14.8 Å². The van der Waals surface area contributed by atoms with Crippen LogP contribution in [0.1, 0.15) is 16.8 Å². The molecule has 1 amide bonds. The Kier molecular flexibility index (Phi) is 4.20. The first-order valence-electron chi connectivity index (χ1n) is 8.34. The number of sulfonamides is 1. The number of nitrogens with zero attached hydrogens (tertiary/aromatic N) is 1. The molecule has 0 aliphatic carbocycles. The zero-order valence-corrected chi connectivity index (χ0v) is 14.8. The summed E-state index contributed by atoms with van der Waals surface area (Å²) in [5.41, 5.74) is 1.48. The Labute approximate surface area is 151 Å². The summed E-state index contributed by atoms with van der Waals surface area (Å²) in [6.07, 6.45) is 0.593. The van der Waals surface area contributed by atoms with Gasteiger partial charge in [0.25, 0.3) is 5.91 Å². The second-order valence-corrected chi connectivity index (χ2v) is 8.12. The van der Waals surface area contributed by atoms with E-state index in [-0.39, 0.29) is 11.7 Å². The molecule has 2 aromatic carbocycles. The van der Waals surface area contributed by atoms with Crippen molar-refractivity contribution in [1.29, 1.82) is 0 Å². The fourth-order valence-electron chi connectivity index (χ4n) is 3.06. The molecule has 2 aliphatic heterocycles. The van der Waals surface area contributed by atoms with E-state index in [0.29, 0.717) is 54.6 Å². The lowest BCUT2D eigenvalue weighted by atomic mass is 10.1. The number of carbonyl (C=O) groups excluding carboxylic acids is 1. The molecule has 0 bridgehead atoms. The Balaban J connectivity index is 1.54. The zero-order chi connectivity index (χ0) is 18.1. The molecule has 2 aromatic rings. The maximum Gasteiger partial charge on any atom is 0.255 e. The van der Waals surface area contributed by atoms with Crippen LogP contribution in [0.4, 0.5) is 11.4 Å². The summed E-state index contributed by atoms with van der Waals surface area (Å²) >= 11 is 0. The number of fused-ring (bicyclic) bond motifs is 1. The summed E-state index contributed by atoms with van der Waals surface area (Å²) in [5, 5.41) is 2.80. The second-order valence-electron chi connectivity index (χ2n) is 6.10. The van der Waals surface area contributed by atoms with Gasteiger partial charge in [0.1, 0.15) is 13.2 Å². The molecule has 0 unspecified atom stereocenters. The lowest BCUT2D eigenvalue weighted by Gasteiger charge is -2.19. The highest BCUT2D eigenvalue weighted by molar-refractivity contribution is 7.93. The van der Waals surface area contributed by atoms with Gasteiger partial charge in [-0.05, 0) is 36.8 Å². The summed E-state index contributed by atoms with van der Waals surface area (Å²) < 4.78 is 36.5. The number of benzene rings is 2. The van der Waals surface area contributed by atoms with Crippen molar-refractivity contribution in [3.8, 4) is 11.5 Å². The molecule has 0 saturated carbocycles. The Hall–Kier alpha value is -2.74. The minimum atomic E-state index is -3.28. The first-order chi connectivity index (χ1) is 12.5. The fraction of sp³-hybridized carbons (Fsp3) is 0.278. The molecular weight excluding hydrogens is 356 g/mol. The molecule has 0 spiro atoms. The molecule has 0 radical (unpaired) electrons. The number of amides is 1. The van der Waals surface area contributed by atoms with Gasteiger partial charge in [0.15, 0.2) is 11.5 Å². The monoisotopic (exact) mass is 374 g/mol. The molecular formula is C18H18N2O5S. The number of carbonyl (C=O) groups is 1. The topological polar surface area (TPSA) is 84.9 Å². The molecule has 26 heavy (non-hydrogen) atoms. The van der Waals surface area contributed by atoms with Gasteiger partial charge in [-0.25, -0.2) is 8.42 Å². The van der Waals surface area contributed by atoms with Crippen LogP contribution in [-0.2, 0) is 10.0 Å². The Morgan fingerprint density at radius 1 is 1.04 bits per heavy atom. The van der Waals surface area contributed by atoms with Crippen LogP contribution in [0.15, 0.2) is 42.5 Å². The number of anilines is 2. The van der Waals surface area contributed by atoms with Crippen molar-refractivity contribution >= 4 is 27.3 Å². The molecule has 136 valence electrons. The average molecular weight is 374 g/mol. The number of hydrogen-bond donors (Lipinski definition) is 1. The lowest BCUT2D eigenvalue weighted by Crippen LogP contribution is -2.25. The largest absolute Gasteiger partial charge is 0.486 e. The van der Waals surface area contributed by atoms with E-state index in [1.807, 2.05) is 0 Å². The third kappa shape index (κ3) is 3.20. The first-order valence-corrected chi connectivity index (χ1v) is 9.95. The highest BCUT2D eigenvalue weighted by Crippen LogP contribution is 2.33. The molecule has 4 rings (SSSR count). The third-order valence-corrected chi connectivity index (χ3v) is 6.17. The lowest BCUT2D eigenvalue weighted by molar-refractivity contribution is 0.102. The van der Waals surface area contributed by atoms with Crippen molar-refractivity contribution in [3.63, 3.8) is 0 Å². The average Bonchev–Trinajstić information content (AvgIpc) is 3.01. The predicted octanol–water partition coefficient (Wildman–Crippen LogP) is 2.25. The van der Waals surface area contributed by atoms with Gasteiger partial charge in [-0.2, -0.15) is 0 Å². The van der Waals surface area contributed by atoms with Crippen molar-refractivity contribution in [2.45, 2.75) is 6.42 Å². The highest BCUT2D eigenvalue weighted by atomic mass is 32.2. The summed E-state index contributed by atoms with van der Waals surface area (Å²) in [4.78, 5) is 12.6. The van der Waals surface area contributed by atoms with Crippen LogP contribution in [0, 0.1) is 0 Å². The number of rotatable bonds is 3. The van der Waals surface area contributed by atoms with Crippen LogP contribution in [0.2, 0.25) is 0 Å². The van der Waals surface area contributed by atoms with Crippen LogP contribution >= 0.6 is 0 Å². The Morgan fingerprint density at radius 2 is 1.85 bits per heavy atom. The molecule has 8 heteroatoms. The zero-order valence-electron chi connectivity index (χ0n) is 14.0. The van der Waals surface area contributed by atoms with E-state index in [1.165, 1.54) is 4.31 Å². The molecule has 1 saturated heterocycles. The van der Waals surface area contributed by atoms with E-state index in [2.05, 4.69) is 5.32 Å². The summed E-state index contributed by atoms with van der Waals surface area (Å²) in [6, 6.07) is 11.8. The molecule has 0 aromatic heterocycles. The predicted molar refractivity (Wildman–Crippen MR) is 97.6 cm³/mol. The molecule has 0 atom stereocenters. The Bertz CT molecular complexity index is 958. The van der Waals surface area contributed by atoms with Crippen LogP contribution in [0.5, 0.6) is 11.5 Å². The van der Waals surface area contributed by atoms with E-state index in [9.17, 15) is 13.2 Å². The standard InChI is InChI=1S/C18H18N2O5S/c21-18(19-14-5-6-16-17(12-14)25-9-8-24-16)13-3-1-4-15(11-13)20-7-2-10-26(20,22)23/h1,3-6,11-12H,2,7-10H2,(H,19,21). The van der Waals surface area contributed by atoms with Crippen molar-refractivity contribution in [2.24, 2.45) is 0 Å². The molecule has 7 nitrogen and oxygen atoms in total. The smallest absolute Gasteiger partial charge is 0.255 e. The second kappa shape index (κ2) is 6.53. The quantitative estimate of drug-likeness (QED) is 0.891. The summed E-state index contributed by atoms with van der Waals surface area (Å²) in [7, 11) is -3.28. The fourth-order valence-corrected chi connectivity index (χ4v) is 4.61. The van der Waals surface area contributed by atoms with Gasteiger partial charge in [-0.1, -0.05) is 6.07 Å². The van der Waals surface area contributed by atoms with Crippen molar-refractivity contribution < 1.29 is 22.7 Å². The van der Waals surface area contributed by atoms with E-state index in [1.54, 1.807) is 42.5 Å². The van der Waals surface area contributed by atoms with Gasteiger partial charge in [0.05, 0.1) is 11.4 Å². The van der Waals surface area contributed by atoms with Crippen LogP contribution in [-0.4, -0.2) is 39.8 Å². The van der Waals surface area contributed by atoms with Crippen molar-refractivity contribution in [2.75, 3.05) is 35.1 Å². The summed E-state index contributed by atoms with van der Waals surface area (Å²) in [5.74, 6) is 1.06. The maximum atomic E-state index is 12.6. The van der Waals surface area contributed by atoms with E-state index in [0.717, 1.165) is 0 Å². The van der Waals surface area contributed by atoms with Crippen LogP contribution in [0.3, 0.4) is 0 Å². The minimum absolute atomic E-state index is 0.140. The number of ether oxygens (including phenoxy) is 2. The SMILES string of the molecule is O=C(Nc1ccc2c(c1)OCCO2)c1cccc(N2CCCS2(=O)=O)c1. The number of hydrogen-bond acceptors (Lipinski definition) is 5. The normalized spacial score (nSPS) is 17.8. The summed E-state index contributed by atoms with van der Waals surface area (Å²) in [6.45, 7) is 1.41. The number of nitrogens with one attached hydrogen (secondary N) is 1. The van der Waals surface area contributed by atoms with E-state index >= 15 is 0 Å². The van der Waals surface area contributed by atoms with Gasteiger partial charge in [-0.3, -0.25) is 9.10 Å². The van der Waals surface area contributed by atoms with Crippen LogP contribution in [0.25, 0.3) is 0 Å². The van der Waals surface area contributed by atoms with E-state index < -0.39 is 10.0 Å². The minimum Gasteiger partial charge on any atom is -0.486 e. The maximum absolute atomic E-state index is 12.6. The van der Waals surface area contributed by atoms with Gasteiger partial charge in [0, 0.05) is 23.9 Å². The third-order valence-electron chi connectivity index (χ3n) is 4.30.